The molecule has 0 spiro atoms. The zero-order valence-corrected chi connectivity index (χ0v) is 19.7. The van der Waals surface area contributed by atoms with Gasteiger partial charge in [-0.1, -0.05) is 36.4 Å². The summed E-state index contributed by atoms with van der Waals surface area (Å²) in [7, 11) is 0. The summed E-state index contributed by atoms with van der Waals surface area (Å²) in [5.74, 6) is -1.34. The molecule has 0 atom stereocenters. The van der Waals surface area contributed by atoms with Gasteiger partial charge in [0.1, 0.15) is 5.75 Å². The number of ether oxygens (including phenoxy) is 1. The number of hydrogen-bond donors (Lipinski definition) is 3. The minimum atomic E-state index is -0.843. The molecule has 8 nitrogen and oxygen atoms in total. The number of amides is 3. The number of anilines is 1. The van der Waals surface area contributed by atoms with E-state index >= 15 is 0 Å². The highest BCUT2D eigenvalue weighted by Crippen LogP contribution is 2.14. The van der Waals surface area contributed by atoms with Crippen LogP contribution >= 0.6 is 0 Å². The lowest BCUT2D eigenvalue weighted by Gasteiger charge is -2.09. The molecule has 0 saturated carbocycles. The fourth-order valence-electron chi connectivity index (χ4n) is 3.30. The summed E-state index contributed by atoms with van der Waals surface area (Å²) >= 11 is 0. The molecular formula is C27H28N4O4. The van der Waals surface area contributed by atoms with Crippen LogP contribution in [0.1, 0.15) is 22.3 Å². The zero-order valence-electron chi connectivity index (χ0n) is 19.7. The van der Waals surface area contributed by atoms with Gasteiger partial charge in [-0.05, 0) is 78.9 Å². The highest BCUT2D eigenvalue weighted by atomic mass is 16.5. The summed E-state index contributed by atoms with van der Waals surface area (Å²) in [6, 6.07) is 22.3. The number of benzene rings is 3. The maximum absolute atomic E-state index is 12.1. The summed E-state index contributed by atoms with van der Waals surface area (Å²) in [6.45, 7) is 4.16. The van der Waals surface area contributed by atoms with Crippen molar-refractivity contribution >= 4 is 29.6 Å². The molecule has 0 saturated heterocycles. The first-order valence-electron chi connectivity index (χ1n) is 11.2. The van der Waals surface area contributed by atoms with Crippen LogP contribution in [0.3, 0.4) is 0 Å². The highest BCUT2D eigenvalue weighted by molar-refractivity contribution is 6.35. The van der Waals surface area contributed by atoms with Crippen LogP contribution in [0.2, 0.25) is 0 Å². The maximum Gasteiger partial charge on any atom is 0.329 e. The Bertz CT molecular complexity index is 1170. The second-order valence-corrected chi connectivity index (χ2v) is 7.97. The third kappa shape index (κ3) is 8.77. The van der Waals surface area contributed by atoms with Gasteiger partial charge in [0.15, 0.2) is 6.61 Å². The van der Waals surface area contributed by atoms with Crippen molar-refractivity contribution in [3.63, 3.8) is 0 Å². The summed E-state index contributed by atoms with van der Waals surface area (Å²) in [4.78, 5) is 35.8. The van der Waals surface area contributed by atoms with E-state index in [0.29, 0.717) is 24.3 Å². The summed E-state index contributed by atoms with van der Waals surface area (Å²) in [5.41, 5.74) is 6.82. The van der Waals surface area contributed by atoms with Crippen molar-refractivity contribution in [3.05, 3.63) is 95.1 Å². The Morgan fingerprint density at radius 1 is 0.886 bits per heavy atom. The van der Waals surface area contributed by atoms with Gasteiger partial charge in [0.25, 0.3) is 5.91 Å². The number of carbonyl (C=O) groups is 3. The van der Waals surface area contributed by atoms with Gasteiger partial charge in [-0.25, -0.2) is 5.43 Å². The molecule has 8 heteroatoms. The molecule has 180 valence electrons. The van der Waals surface area contributed by atoms with E-state index in [0.717, 1.165) is 22.4 Å². The van der Waals surface area contributed by atoms with E-state index < -0.39 is 11.8 Å². The Morgan fingerprint density at radius 2 is 1.57 bits per heavy atom. The average Bonchev–Trinajstić information content (AvgIpc) is 2.83. The van der Waals surface area contributed by atoms with E-state index in [1.54, 1.807) is 24.3 Å². The van der Waals surface area contributed by atoms with Crippen LogP contribution < -0.4 is 20.8 Å². The molecule has 35 heavy (non-hydrogen) atoms. The van der Waals surface area contributed by atoms with Gasteiger partial charge in [-0.15, -0.1) is 0 Å². The van der Waals surface area contributed by atoms with Gasteiger partial charge in [0.2, 0.25) is 0 Å². The van der Waals surface area contributed by atoms with Gasteiger partial charge in [-0.3, -0.25) is 14.4 Å². The molecule has 0 fully saturated rings. The van der Waals surface area contributed by atoms with Gasteiger partial charge in [0, 0.05) is 12.2 Å². The monoisotopic (exact) mass is 472 g/mol. The molecular weight excluding hydrogens is 444 g/mol. The topological polar surface area (TPSA) is 109 Å². The summed E-state index contributed by atoms with van der Waals surface area (Å²) in [5, 5.41) is 9.18. The zero-order chi connectivity index (χ0) is 25.0. The Balaban J connectivity index is 1.38. The van der Waals surface area contributed by atoms with Crippen LogP contribution in [0.4, 0.5) is 5.69 Å². The van der Waals surface area contributed by atoms with E-state index in [4.69, 9.17) is 4.74 Å². The smallest absolute Gasteiger partial charge is 0.329 e. The highest BCUT2D eigenvalue weighted by Gasteiger charge is 2.11. The fourth-order valence-corrected chi connectivity index (χ4v) is 3.30. The predicted octanol–water partition coefficient (Wildman–Crippen LogP) is 3.13. The van der Waals surface area contributed by atoms with Crippen molar-refractivity contribution < 1.29 is 19.1 Å². The molecule has 0 heterocycles. The minimum absolute atomic E-state index is 0.129. The molecule has 0 bridgehead atoms. The standard InChI is InChI=1S/C27H28N4O4/c1-19-14-20(2)16-23(15-19)30-25(32)18-35-24-10-8-22(9-11-24)17-29-31-27(34)26(33)28-13-12-21-6-4-3-5-7-21/h3-11,14-17H,12-13,18H2,1-2H3,(H,28,33)(H,30,32)(H,31,34)/b29-17-. The van der Waals surface area contributed by atoms with E-state index in [-0.39, 0.29) is 12.5 Å². The lowest BCUT2D eigenvalue weighted by Crippen LogP contribution is -2.38. The molecule has 0 unspecified atom stereocenters. The number of aryl methyl sites for hydroxylation is 2. The fraction of sp³-hybridized carbons (Fsp3) is 0.185. The van der Waals surface area contributed by atoms with Crippen LogP contribution in [0, 0.1) is 13.8 Å². The second kappa shape index (κ2) is 12.7. The number of nitrogens with one attached hydrogen (secondary N) is 3. The predicted molar refractivity (Wildman–Crippen MR) is 135 cm³/mol. The first-order valence-corrected chi connectivity index (χ1v) is 11.2. The molecule has 3 aromatic carbocycles. The van der Waals surface area contributed by atoms with Crippen LogP contribution in [0.15, 0.2) is 77.9 Å². The molecule has 0 aliphatic rings. The molecule has 0 radical (unpaired) electrons. The quantitative estimate of drug-likeness (QED) is 0.253. The summed E-state index contributed by atoms with van der Waals surface area (Å²) < 4.78 is 5.52. The Morgan fingerprint density at radius 3 is 2.26 bits per heavy atom. The van der Waals surface area contributed by atoms with Gasteiger partial charge in [0.05, 0.1) is 6.21 Å². The first kappa shape index (κ1) is 25.2. The van der Waals surface area contributed by atoms with E-state index in [9.17, 15) is 14.4 Å². The van der Waals surface area contributed by atoms with E-state index in [1.165, 1.54) is 6.21 Å². The lowest BCUT2D eigenvalue weighted by atomic mass is 10.1. The third-order valence-electron chi connectivity index (χ3n) is 4.88. The molecule has 3 aromatic rings. The lowest BCUT2D eigenvalue weighted by molar-refractivity contribution is -0.139. The molecule has 3 amide bonds. The average molecular weight is 473 g/mol. The molecule has 3 N–H and O–H groups in total. The molecule has 0 aliphatic heterocycles. The van der Waals surface area contributed by atoms with Crippen molar-refractivity contribution in [2.45, 2.75) is 20.3 Å². The van der Waals surface area contributed by atoms with Crippen molar-refractivity contribution in [2.75, 3.05) is 18.5 Å². The Kier molecular flexibility index (Phi) is 9.13. The Hall–Kier alpha value is -4.46. The Labute approximate surface area is 204 Å². The minimum Gasteiger partial charge on any atom is -0.484 e. The molecule has 0 aliphatic carbocycles. The van der Waals surface area contributed by atoms with Crippen LogP contribution in [-0.2, 0) is 20.8 Å². The van der Waals surface area contributed by atoms with Crippen molar-refractivity contribution in [1.29, 1.82) is 0 Å². The van der Waals surface area contributed by atoms with Crippen LogP contribution in [-0.4, -0.2) is 37.1 Å². The van der Waals surface area contributed by atoms with Crippen LogP contribution in [0.25, 0.3) is 0 Å². The van der Waals surface area contributed by atoms with Crippen molar-refractivity contribution in [3.8, 4) is 5.75 Å². The summed E-state index contributed by atoms with van der Waals surface area (Å²) in [6.07, 6.45) is 2.04. The first-order chi connectivity index (χ1) is 16.9. The van der Waals surface area contributed by atoms with Gasteiger partial charge >= 0.3 is 11.8 Å². The maximum atomic E-state index is 12.1. The van der Waals surface area contributed by atoms with E-state index in [1.807, 2.05) is 62.4 Å². The van der Waals surface area contributed by atoms with Crippen molar-refractivity contribution in [1.82, 2.24) is 10.7 Å². The SMILES string of the molecule is Cc1cc(C)cc(NC(=O)COc2ccc(/C=N\NC(=O)C(=O)NCCc3ccccc3)cc2)c1. The van der Waals surface area contributed by atoms with Crippen molar-refractivity contribution in [2.24, 2.45) is 5.10 Å². The normalized spacial score (nSPS) is 10.6. The number of hydrogen-bond acceptors (Lipinski definition) is 5. The van der Waals surface area contributed by atoms with Gasteiger partial charge < -0.3 is 15.4 Å². The second-order valence-electron chi connectivity index (χ2n) is 7.97. The van der Waals surface area contributed by atoms with Gasteiger partial charge in [-0.2, -0.15) is 5.10 Å². The van der Waals surface area contributed by atoms with E-state index in [2.05, 4.69) is 21.2 Å². The number of rotatable bonds is 9. The number of nitrogens with zero attached hydrogens (tertiary/aromatic N) is 1. The number of carbonyl (C=O) groups excluding carboxylic acids is 3. The number of hydrazone groups is 1. The third-order valence-corrected chi connectivity index (χ3v) is 4.88. The molecule has 0 aromatic heterocycles. The largest absolute Gasteiger partial charge is 0.484 e. The molecule has 3 rings (SSSR count). The van der Waals surface area contributed by atoms with Crippen LogP contribution in [0.5, 0.6) is 5.75 Å².